The number of rotatable bonds is 0. The Labute approximate surface area is 71.4 Å². The number of imidazole rings is 1. The van der Waals surface area contributed by atoms with Gasteiger partial charge in [0.15, 0.2) is 11.4 Å². The van der Waals surface area contributed by atoms with Crippen LogP contribution in [0, 0.1) is 0 Å². The highest BCUT2D eigenvalue weighted by Gasteiger charge is 2.01. The zero-order valence-corrected chi connectivity index (χ0v) is 7.12. The van der Waals surface area contributed by atoms with Gasteiger partial charge in [-0.3, -0.25) is 0 Å². The van der Waals surface area contributed by atoms with E-state index in [1.165, 1.54) is 0 Å². The number of aromatic nitrogens is 2. The summed E-state index contributed by atoms with van der Waals surface area (Å²) in [4.78, 5) is 4.04. The molecule has 2 aromatic rings. The van der Waals surface area contributed by atoms with Gasteiger partial charge in [-0.2, -0.15) is 0 Å². The van der Waals surface area contributed by atoms with Gasteiger partial charge in [0.1, 0.15) is 4.60 Å². The molecule has 11 heavy (non-hydrogen) atoms. The molecule has 0 saturated carbocycles. The van der Waals surface area contributed by atoms with Gasteiger partial charge in [-0.1, -0.05) is 0 Å². The summed E-state index contributed by atoms with van der Waals surface area (Å²) >= 11 is 3.22. The quantitative estimate of drug-likeness (QED) is 0.724. The summed E-state index contributed by atoms with van der Waals surface area (Å²) in [5.74, 6) is 0.193. The molecule has 0 aromatic carbocycles. The smallest absolute Gasteiger partial charge is 0.180 e. The number of nitrogens with zero attached hydrogens (tertiary/aromatic N) is 2. The van der Waals surface area contributed by atoms with Crippen LogP contribution in [0.2, 0.25) is 0 Å². The summed E-state index contributed by atoms with van der Waals surface area (Å²) < 4.78 is 2.47. The molecule has 2 heterocycles. The molecule has 0 aliphatic carbocycles. The van der Waals surface area contributed by atoms with Crippen LogP contribution < -0.4 is 0 Å². The van der Waals surface area contributed by atoms with Crippen LogP contribution in [0.3, 0.4) is 0 Å². The number of aromatic hydroxyl groups is 1. The molecule has 0 unspecified atom stereocenters. The Morgan fingerprint density at radius 2 is 2.36 bits per heavy atom. The standard InChI is InChI=1S/C7H5BrN2O/c8-6-4-10-3-1-2-5(11)7(10)9-6/h1-4,11H. The lowest BCUT2D eigenvalue weighted by Crippen LogP contribution is -1.80. The van der Waals surface area contributed by atoms with Crippen molar-refractivity contribution in [3.05, 3.63) is 29.1 Å². The summed E-state index contributed by atoms with van der Waals surface area (Å²) in [5, 5.41) is 9.28. The van der Waals surface area contributed by atoms with Gasteiger partial charge in [0.05, 0.1) is 0 Å². The maximum atomic E-state index is 9.28. The average molecular weight is 213 g/mol. The Kier molecular flexibility index (Phi) is 1.35. The van der Waals surface area contributed by atoms with E-state index < -0.39 is 0 Å². The highest BCUT2D eigenvalue weighted by molar-refractivity contribution is 9.10. The highest BCUT2D eigenvalue weighted by atomic mass is 79.9. The van der Waals surface area contributed by atoms with E-state index in [0.29, 0.717) is 5.65 Å². The van der Waals surface area contributed by atoms with Crippen molar-refractivity contribution < 1.29 is 5.11 Å². The first kappa shape index (κ1) is 6.67. The summed E-state index contributed by atoms with van der Waals surface area (Å²) in [6.45, 7) is 0. The summed E-state index contributed by atoms with van der Waals surface area (Å²) in [6, 6.07) is 3.37. The lowest BCUT2D eigenvalue weighted by molar-refractivity contribution is 0.477. The van der Waals surface area contributed by atoms with Gasteiger partial charge in [0, 0.05) is 12.4 Å². The molecule has 1 N–H and O–H groups in total. The van der Waals surface area contributed by atoms with Crippen molar-refractivity contribution in [2.45, 2.75) is 0 Å². The van der Waals surface area contributed by atoms with E-state index in [0.717, 1.165) is 4.60 Å². The van der Waals surface area contributed by atoms with E-state index in [1.54, 1.807) is 22.7 Å². The van der Waals surface area contributed by atoms with E-state index >= 15 is 0 Å². The summed E-state index contributed by atoms with van der Waals surface area (Å²) in [6.07, 6.45) is 3.61. The number of hydrogen-bond donors (Lipinski definition) is 1. The first-order valence-corrected chi connectivity index (χ1v) is 3.89. The third kappa shape index (κ3) is 0.991. The monoisotopic (exact) mass is 212 g/mol. The molecule has 0 spiro atoms. The van der Waals surface area contributed by atoms with Crippen molar-refractivity contribution in [2.75, 3.05) is 0 Å². The van der Waals surface area contributed by atoms with Crippen LogP contribution in [0.25, 0.3) is 5.65 Å². The van der Waals surface area contributed by atoms with Crippen molar-refractivity contribution in [3.8, 4) is 5.75 Å². The van der Waals surface area contributed by atoms with Crippen LogP contribution in [0.5, 0.6) is 5.75 Å². The molecular weight excluding hydrogens is 208 g/mol. The Bertz CT molecular complexity index is 396. The summed E-state index contributed by atoms with van der Waals surface area (Å²) in [5.41, 5.74) is 0.569. The average Bonchev–Trinajstić information content (AvgIpc) is 2.31. The van der Waals surface area contributed by atoms with Gasteiger partial charge >= 0.3 is 0 Å². The van der Waals surface area contributed by atoms with E-state index in [1.807, 2.05) is 6.20 Å². The molecule has 3 nitrogen and oxygen atoms in total. The molecule has 0 fully saturated rings. The number of fused-ring (bicyclic) bond motifs is 1. The highest BCUT2D eigenvalue weighted by Crippen LogP contribution is 2.18. The Morgan fingerprint density at radius 1 is 1.55 bits per heavy atom. The minimum absolute atomic E-state index is 0.193. The Morgan fingerprint density at radius 3 is 3.09 bits per heavy atom. The molecule has 0 aliphatic rings. The predicted molar refractivity (Wildman–Crippen MR) is 44.6 cm³/mol. The maximum Gasteiger partial charge on any atom is 0.180 e. The largest absolute Gasteiger partial charge is 0.504 e. The lowest BCUT2D eigenvalue weighted by atomic mass is 10.4. The van der Waals surface area contributed by atoms with Crippen LogP contribution in [-0.4, -0.2) is 14.5 Å². The predicted octanol–water partition coefficient (Wildman–Crippen LogP) is 1.80. The molecule has 0 radical (unpaired) electrons. The zero-order valence-electron chi connectivity index (χ0n) is 5.53. The molecule has 2 rings (SSSR count). The lowest BCUT2D eigenvalue weighted by Gasteiger charge is -1.92. The molecule has 0 saturated heterocycles. The fraction of sp³-hybridized carbons (Fsp3) is 0. The molecule has 56 valence electrons. The third-order valence-corrected chi connectivity index (χ3v) is 1.81. The van der Waals surface area contributed by atoms with Crippen molar-refractivity contribution >= 4 is 21.6 Å². The van der Waals surface area contributed by atoms with Gasteiger partial charge < -0.3 is 9.51 Å². The van der Waals surface area contributed by atoms with Gasteiger partial charge in [-0.05, 0) is 28.1 Å². The topological polar surface area (TPSA) is 37.5 Å². The molecule has 0 aliphatic heterocycles. The summed E-state index contributed by atoms with van der Waals surface area (Å²) in [7, 11) is 0. The second-order valence-corrected chi connectivity index (χ2v) is 3.00. The van der Waals surface area contributed by atoms with E-state index in [-0.39, 0.29) is 5.75 Å². The van der Waals surface area contributed by atoms with Gasteiger partial charge in [-0.15, -0.1) is 0 Å². The molecule has 0 amide bonds. The number of pyridine rings is 1. The van der Waals surface area contributed by atoms with Gasteiger partial charge in [0.2, 0.25) is 0 Å². The van der Waals surface area contributed by atoms with Gasteiger partial charge in [0.25, 0.3) is 0 Å². The van der Waals surface area contributed by atoms with Crippen LogP contribution in [0.1, 0.15) is 0 Å². The first-order chi connectivity index (χ1) is 5.27. The zero-order chi connectivity index (χ0) is 7.84. The first-order valence-electron chi connectivity index (χ1n) is 3.09. The molecule has 4 heteroatoms. The molecule has 0 atom stereocenters. The normalized spacial score (nSPS) is 10.6. The van der Waals surface area contributed by atoms with E-state index in [9.17, 15) is 5.11 Å². The van der Waals surface area contributed by atoms with E-state index in [4.69, 9.17) is 0 Å². The van der Waals surface area contributed by atoms with Crippen LogP contribution in [0.15, 0.2) is 29.1 Å². The van der Waals surface area contributed by atoms with Gasteiger partial charge in [-0.25, -0.2) is 4.98 Å². The van der Waals surface area contributed by atoms with Crippen LogP contribution >= 0.6 is 15.9 Å². The fourth-order valence-corrected chi connectivity index (χ4v) is 1.36. The fourth-order valence-electron chi connectivity index (χ4n) is 0.968. The SMILES string of the molecule is Oc1cccn2cc(Br)nc12. The molecule has 0 bridgehead atoms. The number of hydrogen-bond acceptors (Lipinski definition) is 2. The minimum atomic E-state index is 0.193. The third-order valence-electron chi connectivity index (χ3n) is 1.43. The second-order valence-electron chi connectivity index (χ2n) is 2.19. The van der Waals surface area contributed by atoms with Crippen molar-refractivity contribution in [2.24, 2.45) is 0 Å². The van der Waals surface area contributed by atoms with Crippen molar-refractivity contribution in [3.63, 3.8) is 0 Å². The molecular formula is C7H5BrN2O. The Balaban J connectivity index is 2.90. The minimum Gasteiger partial charge on any atom is -0.504 e. The van der Waals surface area contributed by atoms with Crippen LogP contribution in [0.4, 0.5) is 0 Å². The second kappa shape index (κ2) is 2.23. The van der Waals surface area contributed by atoms with Crippen molar-refractivity contribution in [1.29, 1.82) is 0 Å². The van der Waals surface area contributed by atoms with Crippen molar-refractivity contribution in [1.82, 2.24) is 9.38 Å². The molecule has 2 aromatic heterocycles. The number of halogens is 1. The maximum absolute atomic E-state index is 9.28. The Hall–Kier alpha value is -1.03. The van der Waals surface area contributed by atoms with Crippen LogP contribution in [-0.2, 0) is 0 Å². The van der Waals surface area contributed by atoms with E-state index in [2.05, 4.69) is 20.9 Å².